The van der Waals surface area contributed by atoms with E-state index >= 15 is 0 Å². The standard InChI is InChI=1S/C13H14N2O2/c1-15(7-8-16)13(17)6-5-11-3-2-4-12(9-11)10-14/h2-6,9,16H,7-8H2,1H3/b6-5+. The molecule has 0 atom stereocenters. The van der Waals surface area contributed by atoms with Crippen LogP contribution in [0.5, 0.6) is 0 Å². The summed E-state index contributed by atoms with van der Waals surface area (Å²) < 4.78 is 0. The molecule has 0 saturated heterocycles. The summed E-state index contributed by atoms with van der Waals surface area (Å²) in [6.07, 6.45) is 3.07. The average molecular weight is 230 g/mol. The molecule has 1 rings (SSSR count). The zero-order valence-electron chi connectivity index (χ0n) is 9.63. The molecular formula is C13H14N2O2. The minimum atomic E-state index is -0.179. The van der Waals surface area contributed by atoms with Crippen LogP contribution in [0.4, 0.5) is 0 Å². The molecule has 4 nitrogen and oxygen atoms in total. The number of likely N-dealkylation sites (N-methyl/N-ethyl adjacent to an activating group) is 1. The number of nitriles is 1. The quantitative estimate of drug-likeness (QED) is 0.785. The van der Waals surface area contributed by atoms with Crippen molar-refractivity contribution in [3.8, 4) is 6.07 Å². The molecule has 0 unspecified atom stereocenters. The van der Waals surface area contributed by atoms with Gasteiger partial charge in [-0.2, -0.15) is 5.26 Å². The zero-order chi connectivity index (χ0) is 12.7. The lowest BCUT2D eigenvalue weighted by Crippen LogP contribution is -2.27. The Labute approximate surface area is 100 Å². The highest BCUT2D eigenvalue weighted by Gasteiger charge is 2.02. The first-order valence-electron chi connectivity index (χ1n) is 5.21. The summed E-state index contributed by atoms with van der Waals surface area (Å²) in [6, 6.07) is 9.03. The van der Waals surface area contributed by atoms with Crippen LogP contribution in [0, 0.1) is 11.3 Å². The predicted molar refractivity (Wildman–Crippen MR) is 64.9 cm³/mol. The fourth-order valence-corrected chi connectivity index (χ4v) is 1.27. The monoisotopic (exact) mass is 230 g/mol. The Morgan fingerprint density at radius 3 is 3.00 bits per heavy atom. The third-order valence-corrected chi connectivity index (χ3v) is 2.25. The van der Waals surface area contributed by atoms with Gasteiger partial charge in [-0.3, -0.25) is 4.79 Å². The summed E-state index contributed by atoms with van der Waals surface area (Å²) in [5.74, 6) is -0.179. The number of carbonyl (C=O) groups is 1. The van der Waals surface area contributed by atoms with Crippen molar-refractivity contribution >= 4 is 12.0 Å². The van der Waals surface area contributed by atoms with E-state index in [2.05, 4.69) is 0 Å². The maximum Gasteiger partial charge on any atom is 0.246 e. The number of nitrogens with zero attached hydrogens (tertiary/aromatic N) is 2. The lowest BCUT2D eigenvalue weighted by Gasteiger charge is -2.12. The van der Waals surface area contributed by atoms with Gasteiger partial charge in [0.1, 0.15) is 0 Å². The third-order valence-electron chi connectivity index (χ3n) is 2.25. The molecule has 1 amide bonds. The van der Waals surface area contributed by atoms with E-state index in [9.17, 15) is 4.79 Å². The number of carbonyl (C=O) groups excluding carboxylic acids is 1. The fraction of sp³-hybridized carbons (Fsp3) is 0.231. The highest BCUT2D eigenvalue weighted by atomic mass is 16.3. The Morgan fingerprint density at radius 2 is 2.35 bits per heavy atom. The fourth-order valence-electron chi connectivity index (χ4n) is 1.27. The number of benzene rings is 1. The molecule has 0 heterocycles. The van der Waals surface area contributed by atoms with Crippen LogP contribution < -0.4 is 0 Å². The second-order valence-electron chi connectivity index (χ2n) is 3.55. The number of hydrogen-bond acceptors (Lipinski definition) is 3. The van der Waals surface area contributed by atoms with Crippen LogP contribution in [-0.4, -0.2) is 36.1 Å². The van der Waals surface area contributed by atoms with Gasteiger partial charge in [0, 0.05) is 19.7 Å². The minimum absolute atomic E-state index is 0.0556. The Bertz CT molecular complexity index is 461. The van der Waals surface area contributed by atoms with Crippen LogP contribution in [0.25, 0.3) is 6.08 Å². The van der Waals surface area contributed by atoms with Crippen LogP contribution in [-0.2, 0) is 4.79 Å². The molecule has 0 radical (unpaired) electrons. The second-order valence-corrected chi connectivity index (χ2v) is 3.55. The number of rotatable bonds is 4. The molecule has 0 fully saturated rings. The van der Waals surface area contributed by atoms with Gasteiger partial charge in [-0.1, -0.05) is 12.1 Å². The van der Waals surface area contributed by atoms with E-state index in [1.807, 2.05) is 12.1 Å². The number of aliphatic hydroxyl groups is 1. The molecule has 1 aromatic rings. The van der Waals surface area contributed by atoms with Crippen molar-refractivity contribution in [2.24, 2.45) is 0 Å². The number of amides is 1. The van der Waals surface area contributed by atoms with E-state index < -0.39 is 0 Å². The van der Waals surface area contributed by atoms with Gasteiger partial charge in [0.25, 0.3) is 0 Å². The first-order valence-corrected chi connectivity index (χ1v) is 5.21. The summed E-state index contributed by atoms with van der Waals surface area (Å²) in [5, 5.41) is 17.4. The van der Waals surface area contributed by atoms with Crippen molar-refractivity contribution in [2.45, 2.75) is 0 Å². The molecule has 88 valence electrons. The normalized spacial score (nSPS) is 10.2. The summed E-state index contributed by atoms with van der Waals surface area (Å²) in [5.41, 5.74) is 1.36. The SMILES string of the molecule is CN(CCO)C(=O)/C=C/c1cccc(C#N)c1. The lowest BCUT2D eigenvalue weighted by molar-refractivity contribution is -0.125. The van der Waals surface area contributed by atoms with Crippen LogP contribution in [0.2, 0.25) is 0 Å². The van der Waals surface area contributed by atoms with Crippen LogP contribution >= 0.6 is 0 Å². The maximum atomic E-state index is 11.5. The molecule has 0 bridgehead atoms. The highest BCUT2D eigenvalue weighted by molar-refractivity contribution is 5.91. The Kier molecular flexibility index (Phi) is 4.92. The maximum absolute atomic E-state index is 11.5. The van der Waals surface area contributed by atoms with Gasteiger partial charge in [0.15, 0.2) is 0 Å². The van der Waals surface area contributed by atoms with Gasteiger partial charge in [0.2, 0.25) is 5.91 Å². The highest BCUT2D eigenvalue weighted by Crippen LogP contribution is 2.06. The van der Waals surface area contributed by atoms with Crippen molar-refractivity contribution < 1.29 is 9.90 Å². The van der Waals surface area contributed by atoms with Crippen LogP contribution in [0.3, 0.4) is 0 Å². The Balaban J connectivity index is 2.70. The first kappa shape index (κ1) is 12.9. The van der Waals surface area contributed by atoms with E-state index in [1.165, 1.54) is 11.0 Å². The van der Waals surface area contributed by atoms with Crippen molar-refractivity contribution in [3.05, 3.63) is 41.5 Å². The lowest BCUT2D eigenvalue weighted by atomic mass is 10.1. The Hall–Kier alpha value is -2.12. The van der Waals surface area contributed by atoms with Crippen molar-refractivity contribution in [2.75, 3.05) is 20.2 Å². The van der Waals surface area contributed by atoms with Gasteiger partial charge < -0.3 is 10.0 Å². The molecule has 0 saturated carbocycles. The largest absolute Gasteiger partial charge is 0.395 e. The molecule has 1 aromatic carbocycles. The molecular weight excluding hydrogens is 216 g/mol. The van der Waals surface area contributed by atoms with E-state index in [-0.39, 0.29) is 12.5 Å². The average Bonchev–Trinajstić information content (AvgIpc) is 2.36. The summed E-state index contributed by atoms with van der Waals surface area (Å²) >= 11 is 0. The van der Waals surface area contributed by atoms with Crippen molar-refractivity contribution in [3.63, 3.8) is 0 Å². The smallest absolute Gasteiger partial charge is 0.246 e. The number of aliphatic hydroxyl groups excluding tert-OH is 1. The molecule has 0 aliphatic heterocycles. The molecule has 1 N–H and O–H groups in total. The first-order chi connectivity index (χ1) is 8.17. The summed E-state index contributed by atoms with van der Waals surface area (Å²) in [4.78, 5) is 12.9. The number of hydrogen-bond donors (Lipinski definition) is 1. The van der Waals surface area contributed by atoms with Crippen LogP contribution in [0.15, 0.2) is 30.3 Å². The van der Waals surface area contributed by atoms with Gasteiger partial charge in [-0.15, -0.1) is 0 Å². The van der Waals surface area contributed by atoms with E-state index in [1.54, 1.807) is 31.3 Å². The van der Waals surface area contributed by atoms with Crippen molar-refractivity contribution in [1.82, 2.24) is 4.90 Å². The topological polar surface area (TPSA) is 64.3 Å². The van der Waals surface area contributed by atoms with Gasteiger partial charge in [0.05, 0.1) is 18.2 Å². The zero-order valence-corrected chi connectivity index (χ0v) is 9.63. The Morgan fingerprint density at radius 1 is 1.59 bits per heavy atom. The molecule has 17 heavy (non-hydrogen) atoms. The molecule has 4 heteroatoms. The van der Waals surface area contributed by atoms with Gasteiger partial charge >= 0.3 is 0 Å². The molecule has 0 spiro atoms. The van der Waals surface area contributed by atoms with E-state index in [0.717, 1.165) is 5.56 Å². The third kappa shape index (κ3) is 4.09. The molecule has 0 aromatic heterocycles. The second kappa shape index (κ2) is 6.46. The van der Waals surface area contributed by atoms with Crippen LogP contribution in [0.1, 0.15) is 11.1 Å². The summed E-state index contributed by atoms with van der Waals surface area (Å²) in [6.45, 7) is 0.251. The summed E-state index contributed by atoms with van der Waals surface area (Å²) in [7, 11) is 1.62. The molecule has 0 aliphatic carbocycles. The van der Waals surface area contributed by atoms with Gasteiger partial charge in [-0.05, 0) is 23.8 Å². The van der Waals surface area contributed by atoms with Crippen molar-refractivity contribution in [1.29, 1.82) is 5.26 Å². The molecule has 0 aliphatic rings. The van der Waals surface area contributed by atoms with E-state index in [0.29, 0.717) is 12.1 Å². The minimum Gasteiger partial charge on any atom is -0.395 e. The van der Waals surface area contributed by atoms with Gasteiger partial charge in [-0.25, -0.2) is 0 Å². The predicted octanol–water partition coefficient (Wildman–Crippen LogP) is 1.02. The van der Waals surface area contributed by atoms with E-state index in [4.69, 9.17) is 10.4 Å².